The molecule has 1 amide bonds. The van der Waals surface area contributed by atoms with Crippen molar-refractivity contribution in [3.63, 3.8) is 0 Å². The van der Waals surface area contributed by atoms with Gasteiger partial charge < -0.3 is 10.1 Å². The number of nitrogens with one attached hydrogen (secondary N) is 1. The molecule has 0 fully saturated rings. The van der Waals surface area contributed by atoms with Crippen molar-refractivity contribution >= 4 is 24.2 Å². The maximum Gasteiger partial charge on any atom is 0.315 e. The van der Waals surface area contributed by atoms with Gasteiger partial charge in [0.15, 0.2) is 0 Å². The summed E-state index contributed by atoms with van der Waals surface area (Å²) in [6.07, 6.45) is 4.03. The zero-order chi connectivity index (χ0) is 14.1. The Morgan fingerprint density at radius 2 is 2.26 bits per heavy atom. The Balaban J connectivity index is 2.62. The van der Waals surface area contributed by atoms with Gasteiger partial charge in [0.05, 0.1) is 18.0 Å². The summed E-state index contributed by atoms with van der Waals surface area (Å²) in [4.78, 5) is 37.2. The van der Waals surface area contributed by atoms with Crippen molar-refractivity contribution in [3.05, 3.63) is 35.8 Å². The van der Waals surface area contributed by atoms with E-state index in [4.69, 9.17) is 0 Å². The van der Waals surface area contributed by atoms with E-state index in [1.807, 2.05) is 0 Å². The Morgan fingerprint density at radius 1 is 1.47 bits per heavy atom. The molecule has 99 valence electrons. The van der Waals surface area contributed by atoms with Gasteiger partial charge in [-0.25, -0.2) is 0 Å². The van der Waals surface area contributed by atoms with Crippen LogP contribution in [0.4, 0.5) is 0 Å². The Hall–Kier alpha value is -2.50. The SMILES string of the molecule is CCOC(=O)CC(=O)NC([C]=O)=Cc1ccccn1. The molecule has 0 aromatic carbocycles. The Kier molecular flexibility index (Phi) is 5.94. The Bertz CT molecular complexity index is 483. The highest BCUT2D eigenvalue weighted by Crippen LogP contribution is 2.00. The van der Waals surface area contributed by atoms with Crippen LogP contribution in [0.3, 0.4) is 0 Å². The lowest BCUT2D eigenvalue weighted by molar-refractivity contribution is -0.145. The predicted molar refractivity (Wildman–Crippen MR) is 67.3 cm³/mol. The lowest BCUT2D eigenvalue weighted by Gasteiger charge is -2.03. The number of amides is 1. The van der Waals surface area contributed by atoms with Gasteiger partial charge in [-0.1, -0.05) is 6.07 Å². The van der Waals surface area contributed by atoms with Crippen LogP contribution in [-0.2, 0) is 19.1 Å². The van der Waals surface area contributed by atoms with Crippen LogP contribution >= 0.6 is 0 Å². The van der Waals surface area contributed by atoms with Crippen molar-refractivity contribution in [1.29, 1.82) is 0 Å². The quantitative estimate of drug-likeness (QED) is 0.460. The van der Waals surface area contributed by atoms with E-state index in [2.05, 4.69) is 15.0 Å². The number of aromatic nitrogens is 1. The monoisotopic (exact) mass is 261 g/mol. The molecule has 0 saturated heterocycles. The Labute approximate surface area is 110 Å². The topological polar surface area (TPSA) is 85.4 Å². The van der Waals surface area contributed by atoms with E-state index in [-0.39, 0.29) is 12.3 Å². The summed E-state index contributed by atoms with van der Waals surface area (Å²) >= 11 is 0. The normalized spacial score (nSPS) is 10.7. The highest BCUT2D eigenvalue weighted by molar-refractivity contribution is 5.98. The molecule has 0 aliphatic rings. The third-order valence-electron chi connectivity index (χ3n) is 1.97. The lowest BCUT2D eigenvalue weighted by atomic mass is 10.3. The van der Waals surface area contributed by atoms with Gasteiger partial charge in [-0.3, -0.25) is 19.4 Å². The standard InChI is InChI=1S/C13H13N2O4/c1-2-19-13(18)8-12(17)15-11(9-16)7-10-5-3-4-6-14-10/h3-7H,2,8H2,1H3,(H,15,17). The number of allylic oxidation sites excluding steroid dienone is 1. The minimum Gasteiger partial charge on any atom is -0.466 e. The first-order chi connectivity index (χ1) is 9.15. The number of carbonyl (C=O) groups is 2. The summed E-state index contributed by atoms with van der Waals surface area (Å²) in [7, 11) is 0. The number of rotatable bonds is 6. The molecular weight excluding hydrogens is 248 g/mol. The third-order valence-corrected chi connectivity index (χ3v) is 1.97. The molecule has 6 heteroatoms. The molecule has 0 aliphatic carbocycles. The number of esters is 1. The molecule has 0 spiro atoms. The number of nitrogens with zero attached hydrogens (tertiary/aromatic N) is 1. The van der Waals surface area contributed by atoms with Crippen LogP contribution in [0.1, 0.15) is 19.0 Å². The molecule has 1 rings (SSSR count). The van der Waals surface area contributed by atoms with Crippen LogP contribution in [0.25, 0.3) is 6.08 Å². The van der Waals surface area contributed by atoms with E-state index in [0.717, 1.165) is 0 Å². The molecule has 0 atom stereocenters. The van der Waals surface area contributed by atoms with Gasteiger partial charge in [0.2, 0.25) is 5.91 Å². The minimum absolute atomic E-state index is 0.0898. The van der Waals surface area contributed by atoms with Crippen molar-refractivity contribution in [1.82, 2.24) is 10.3 Å². The number of hydrogen-bond donors (Lipinski definition) is 1. The first kappa shape index (κ1) is 14.6. The zero-order valence-electron chi connectivity index (χ0n) is 10.4. The second kappa shape index (κ2) is 7.75. The maximum absolute atomic E-state index is 11.4. The molecule has 19 heavy (non-hydrogen) atoms. The van der Waals surface area contributed by atoms with Crippen molar-refractivity contribution in [3.8, 4) is 0 Å². The minimum atomic E-state index is -0.650. The zero-order valence-corrected chi connectivity index (χ0v) is 10.4. The second-order valence-corrected chi connectivity index (χ2v) is 3.44. The molecule has 1 heterocycles. The number of ether oxygens (including phenoxy) is 1. The highest BCUT2D eigenvalue weighted by atomic mass is 16.5. The van der Waals surface area contributed by atoms with E-state index >= 15 is 0 Å². The van der Waals surface area contributed by atoms with Gasteiger partial charge in [-0.2, -0.15) is 0 Å². The van der Waals surface area contributed by atoms with Gasteiger partial charge >= 0.3 is 5.97 Å². The summed E-state index contributed by atoms with van der Waals surface area (Å²) in [6.45, 7) is 1.84. The molecule has 1 aromatic heterocycles. The smallest absolute Gasteiger partial charge is 0.315 e. The van der Waals surface area contributed by atoms with Crippen molar-refractivity contribution < 1.29 is 19.1 Å². The third kappa shape index (κ3) is 5.58. The predicted octanol–water partition coefficient (Wildman–Crippen LogP) is 0.602. The fourth-order valence-corrected chi connectivity index (χ4v) is 1.24. The van der Waals surface area contributed by atoms with Gasteiger partial charge in [0.25, 0.3) is 6.29 Å². The average molecular weight is 261 g/mol. The molecule has 0 unspecified atom stereocenters. The van der Waals surface area contributed by atoms with E-state index in [9.17, 15) is 14.4 Å². The van der Waals surface area contributed by atoms with Crippen LogP contribution in [0, 0.1) is 0 Å². The van der Waals surface area contributed by atoms with Crippen molar-refractivity contribution in [2.75, 3.05) is 6.61 Å². The fourth-order valence-electron chi connectivity index (χ4n) is 1.24. The molecule has 0 bridgehead atoms. The fraction of sp³-hybridized carbons (Fsp3) is 0.231. The summed E-state index contributed by atoms with van der Waals surface area (Å²) in [6, 6.07) is 5.12. The van der Waals surface area contributed by atoms with Crippen molar-refractivity contribution in [2.45, 2.75) is 13.3 Å². The molecule has 1 aromatic rings. The van der Waals surface area contributed by atoms with E-state index in [1.54, 1.807) is 37.6 Å². The molecule has 0 saturated carbocycles. The summed E-state index contributed by atoms with van der Waals surface area (Å²) in [5.41, 5.74) is 0.408. The lowest BCUT2D eigenvalue weighted by Crippen LogP contribution is -2.26. The summed E-state index contributed by atoms with van der Waals surface area (Å²) in [5.74, 6) is -1.29. The van der Waals surface area contributed by atoms with Crippen LogP contribution in [-0.4, -0.2) is 29.8 Å². The van der Waals surface area contributed by atoms with Crippen LogP contribution < -0.4 is 5.32 Å². The van der Waals surface area contributed by atoms with E-state index < -0.39 is 18.3 Å². The molecule has 1 radical (unpaired) electrons. The molecular formula is C13H13N2O4. The first-order valence-corrected chi connectivity index (χ1v) is 5.62. The van der Waals surface area contributed by atoms with Gasteiger partial charge in [-0.05, 0) is 25.1 Å². The van der Waals surface area contributed by atoms with Gasteiger partial charge in [0.1, 0.15) is 6.42 Å². The van der Waals surface area contributed by atoms with E-state index in [0.29, 0.717) is 5.69 Å². The number of hydrogen-bond acceptors (Lipinski definition) is 5. The van der Waals surface area contributed by atoms with Gasteiger partial charge in [-0.15, -0.1) is 0 Å². The highest BCUT2D eigenvalue weighted by Gasteiger charge is 2.11. The van der Waals surface area contributed by atoms with Crippen LogP contribution in [0.15, 0.2) is 30.1 Å². The summed E-state index contributed by atoms with van der Waals surface area (Å²) < 4.78 is 4.62. The van der Waals surface area contributed by atoms with Gasteiger partial charge in [0, 0.05) is 6.20 Å². The molecule has 6 nitrogen and oxygen atoms in total. The summed E-state index contributed by atoms with van der Waals surface area (Å²) in [5, 5.41) is 2.26. The first-order valence-electron chi connectivity index (χ1n) is 5.62. The van der Waals surface area contributed by atoms with Crippen LogP contribution in [0.5, 0.6) is 0 Å². The number of carbonyl (C=O) groups excluding carboxylic acids is 3. The van der Waals surface area contributed by atoms with Crippen molar-refractivity contribution in [2.24, 2.45) is 0 Å². The average Bonchev–Trinajstić information content (AvgIpc) is 2.39. The molecule has 1 N–H and O–H groups in total. The largest absolute Gasteiger partial charge is 0.466 e. The van der Waals surface area contributed by atoms with Crippen LogP contribution in [0.2, 0.25) is 0 Å². The molecule has 0 aliphatic heterocycles. The maximum atomic E-state index is 11.4. The second-order valence-electron chi connectivity index (χ2n) is 3.44. The number of pyridine rings is 1. The Morgan fingerprint density at radius 3 is 2.84 bits per heavy atom. The van der Waals surface area contributed by atoms with E-state index in [1.165, 1.54) is 6.08 Å².